The number of rotatable bonds is 6. The Labute approximate surface area is 172 Å². The molecule has 2 aromatic carbocycles. The molecular weight excluding hydrogens is 399 g/mol. The number of anilines is 1. The second-order valence-electron chi connectivity index (χ2n) is 5.93. The van der Waals surface area contributed by atoms with Crippen molar-refractivity contribution >= 4 is 40.9 Å². The van der Waals surface area contributed by atoms with Gasteiger partial charge in [-0.2, -0.15) is 0 Å². The van der Waals surface area contributed by atoms with Crippen LogP contribution in [0.1, 0.15) is 5.56 Å². The van der Waals surface area contributed by atoms with E-state index in [0.29, 0.717) is 5.02 Å². The van der Waals surface area contributed by atoms with Crippen molar-refractivity contribution in [2.24, 2.45) is 0 Å². The molecule has 1 aromatic heterocycles. The van der Waals surface area contributed by atoms with E-state index in [9.17, 15) is 9.59 Å². The third kappa shape index (κ3) is 5.55. The Hall–Kier alpha value is -2.89. The van der Waals surface area contributed by atoms with Crippen LogP contribution in [0.25, 0.3) is 11.1 Å². The maximum absolute atomic E-state index is 12.0. The van der Waals surface area contributed by atoms with Gasteiger partial charge in [0.2, 0.25) is 0 Å². The summed E-state index contributed by atoms with van der Waals surface area (Å²) in [7, 11) is 0. The Kier molecular flexibility index (Phi) is 6.63. The number of amides is 1. The molecule has 1 N–H and O–H groups in total. The van der Waals surface area contributed by atoms with Gasteiger partial charge in [-0.15, -0.1) is 0 Å². The van der Waals surface area contributed by atoms with Crippen LogP contribution < -0.4 is 5.32 Å². The van der Waals surface area contributed by atoms with Crippen molar-refractivity contribution in [3.8, 4) is 11.1 Å². The number of nitrogens with one attached hydrogen (secondary N) is 1. The highest BCUT2D eigenvalue weighted by Crippen LogP contribution is 2.22. The Morgan fingerprint density at radius 2 is 1.64 bits per heavy atom. The number of hydrogen-bond donors (Lipinski definition) is 1. The van der Waals surface area contributed by atoms with Gasteiger partial charge in [-0.3, -0.25) is 9.59 Å². The molecule has 0 unspecified atom stereocenters. The molecule has 0 radical (unpaired) electrons. The molecule has 3 aromatic rings. The molecule has 1 heterocycles. The number of hydrogen-bond acceptors (Lipinski definition) is 4. The number of benzene rings is 2. The van der Waals surface area contributed by atoms with Crippen LogP contribution >= 0.6 is 23.2 Å². The quantitative estimate of drug-likeness (QED) is 0.589. The first-order chi connectivity index (χ1) is 13.5. The van der Waals surface area contributed by atoms with Crippen molar-refractivity contribution in [1.29, 1.82) is 0 Å². The molecule has 1 amide bonds. The highest BCUT2D eigenvalue weighted by Gasteiger charge is 2.11. The van der Waals surface area contributed by atoms with E-state index in [1.807, 2.05) is 54.6 Å². The molecule has 0 aliphatic carbocycles. The minimum atomic E-state index is -0.538. The molecular formula is C21H16Cl2N2O3. The highest BCUT2D eigenvalue weighted by atomic mass is 35.5. The summed E-state index contributed by atoms with van der Waals surface area (Å²) >= 11 is 11.7. The highest BCUT2D eigenvalue weighted by molar-refractivity contribution is 6.36. The average molecular weight is 415 g/mol. The van der Waals surface area contributed by atoms with Crippen molar-refractivity contribution in [2.45, 2.75) is 6.42 Å². The van der Waals surface area contributed by atoms with Crippen LogP contribution in [0, 0.1) is 0 Å². The SMILES string of the molecule is O=C(COC(=O)Cc1ccc(-c2ccccc2)cc1)Nc1ncc(Cl)cc1Cl. The molecule has 0 spiro atoms. The minimum Gasteiger partial charge on any atom is -0.455 e. The summed E-state index contributed by atoms with van der Waals surface area (Å²) in [5.74, 6) is -0.883. The van der Waals surface area contributed by atoms with E-state index < -0.39 is 18.5 Å². The minimum absolute atomic E-state index is 0.0717. The number of halogens is 2. The summed E-state index contributed by atoms with van der Waals surface area (Å²) in [4.78, 5) is 27.8. The molecule has 7 heteroatoms. The maximum atomic E-state index is 12.0. The molecule has 0 fully saturated rings. The van der Waals surface area contributed by atoms with Crippen LogP contribution in [-0.2, 0) is 20.7 Å². The zero-order chi connectivity index (χ0) is 19.9. The number of carbonyl (C=O) groups is 2. The van der Waals surface area contributed by atoms with Gasteiger partial charge in [0.05, 0.1) is 16.5 Å². The predicted molar refractivity (Wildman–Crippen MR) is 109 cm³/mol. The normalized spacial score (nSPS) is 10.4. The van der Waals surface area contributed by atoms with Gasteiger partial charge < -0.3 is 10.1 Å². The van der Waals surface area contributed by atoms with Gasteiger partial charge in [-0.25, -0.2) is 4.98 Å². The number of nitrogens with zero attached hydrogens (tertiary/aromatic N) is 1. The number of esters is 1. The van der Waals surface area contributed by atoms with E-state index in [-0.39, 0.29) is 17.3 Å². The summed E-state index contributed by atoms with van der Waals surface area (Å²) in [5.41, 5.74) is 2.96. The second-order valence-corrected chi connectivity index (χ2v) is 6.78. The van der Waals surface area contributed by atoms with Gasteiger partial charge in [0.1, 0.15) is 0 Å². The Morgan fingerprint density at radius 3 is 2.32 bits per heavy atom. The monoisotopic (exact) mass is 414 g/mol. The van der Waals surface area contributed by atoms with Crippen LogP contribution in [0.4, 0.5) is 5.82 Å². The molecule has 0 aliphatic heterocycles. The second kappa shape index (κ2) is 9.35. The Bertz CT molecular complexity index is 977. The molecule has 0 saturated carbocycles. The molecule has 0 aliphatic rings. The fourth-order valence-corrected chi connectivity index (χ4v) is 2.91. The van der Waals surface area contributed by atoms with Gasteiger partial charge in [0, 0.05) is 6.20 Å². The van der Waals surface area contributed by atoms with Crippen LogP contribution in [0.5, 0.6) is 0 Å². The van der Waals surface area contributed by atoms with E-state index in [4.69, 9.17) is 27.9 Å². The zero-order valence-electron chi connectivity index (χ0n) is 14.7. The lowest BCUT2D eigenvalue weighted by molar-refractivity contribution is -0.146. The van der Waals surface area contributed by atoms with Crippen LogP contribution in [-0.4, -0.2) is 23.5 Å². The fourth-order valence-electron chi connectivity index (χ4n) is 2.48. The summed E-state index contributed by atoms with van der Waals surface area (Å²) < 4.78 is 5.01. The summed E-state index contributed by atoms with van der Waals surface area (Å²) in [6.45, 7) is -0.429. The van der Waals surface area contributed by atoms with Gasteiger partial charge >= 0.3 is 5.97 Å². The first-order valence-electron chi connectivity index (χ1n) is 8.42. The van der Waals surface area contributed by atoms with E-state index in [1.165, 1.54) is 12.3 Å². The van der Waals surface area contributed by atoms with Crippen molar-refractivity contribution in [3.63, 3.8) is 0 Å². The van der Waals surface area contributed by atoms with E-state index >= 15 is 0 Å². The predicted octanol–water partition coefficient (Wildman–Crippen LogP) is 4.78. The van der Waals surface area contributed by atoms with Gasteiger partial charge in [-0.05, 0) is 22.8 Å². The van der Waals surface area contributed by atoms with Crippen molar-refractivity contribution < 1.29 is 14.3 Å². The summed E-state index contributed by atoms with van der Waals surface area (Å²) in [6, 6.07) is 19.0. The van der Waals surface area contributed by atoms with Gasteiger partial charge in [0.15, 0.2) is 12.4 Å². The van der Waals surface area contributed by atoms with E-state index in [1.54, 1.807) is 0 Å². The number of pyridine rings is 1. The van der Waals surface area contributed by atoms with Crippen molar-refractivity contribution in [1.82, 2.24) is 4.98 Å². The average Bonchev–Trinajstić information content (AvgIpc) is 2.70. The first-order valence-corrected chi connectivity index (χ1v) is 9.18. The van der Waals surface area contributed by atoms with Crippen molar-refractivity contribution in [3.05, 3.63) is 82.5 Å². The zero-order valence-corrected chi connectivity index (χ0v) is 16.2. The summed E-state index contributed by atoms with van der Waals surface area (Å²) in [5, 5.41) is 3.02. The topological polar surface area (TPSA) is 68.3 Å². The lowest BCUT2D eigenvalue weighted by Crippen LogP contribution is -2.22. The fraction of sp³-hybridized carbons (Fsp3) is 0.0952. The van der Waals surface area contributed by atoms with Gasteiger partial charge in [0.25, 0.3) is 5.91 Å². The molecule has 5 nitrogen and oxygen atoms in total. The van der Waals surface area contributed by atoms with E-state index in [0.717, 1.165) is 16.7 Å². The van der Waals surface area contributed by atoms with Crippen molar-refractivity contribution in [2.75, 3.05) is 11.9 Å². The van der Waals surface area contributed by atoms with Crippen LogP contribution in [0.2, 0.25) is 10.0 Å². The maximum Gasteiger partial charge on any atom is 0.310 e. The van der Waals surface area contributed by atoms with Crippen LogP contribution in [0.15, 0.2) is 66.9 Å². The smallest absolute Gasteiger partial charge is 0.310 e. The molecule has 0 saturated heterocycles. The number of carbonyl (C=O) groups excluding carboxylic acids is 2. The molecule has 3 rings (SSSR count). The van der Waals surface area contributed by atoms with E-state index in [2.05, 4.69) is 10.3 Å². The van der Waals surface area contributed by atoms with Crippen LogP contribution in [0.3, 0.4) is 0 Å². The molecule has 142 valence electrons. The molecule has 0 atom stereocenters. The standard InChI is InChI=1S/C21H16Cl2N2O3/c22-17-11-18(23)21(24-12-17)25-19(26)13-28-20(27)10-14-6-8-16(9-7-14)15-4-2-1-3-5-15/h1-9,11-12H,10,13H2,(H,24,25,26). The lowest BCUT2D eigenvalue weighted by atomic mass is 10.0. The van der Waals surface area contributed by atoms with Gasteiger partial charge in [-0.1, -0.05) is 77.8 Å². The molecule has 28 heavy (non-hydrogen) atoms. The third-order valence-electron chi connectivity index (χ3n) is 3.84. The first kappa shape index (κ1) is 19.9. The Balaban J connectivity index is 1.49. The third-order valence-corrected chi connectivity index (χ3v) is 4.33. The lowest BCUT2D eigenvalue weighted by Gasteiger charge is -2.08. The summed E-state index contributed by atoms with van der Waals surface area (Å²) in [6.07, 6.45) is 1.43. The number of ether oxygens (including phenoxy) is 1. The largest absolute Gasteiger partial charge is 0.455 e. The molecule has 0 bridgehead atoms. The number of aromatic nitrogens is 1. The Morgan fingerprint density at radius 1 is 0.964 bits per heavy atom.